The maximum atomic E-state index is 12.0. The molecule has 0 bridgehead atoms. The van der Waals surface area contributed by atoms with Gasteiger partial charge in [0.15, 0.2) is 0 Å². The fraction of sp³-hybridized carbons (Fsp3) is 0.400. The van der Waals surface area contributed by atoms with E-state index >= 15 is 0 Å². The Morgan fingerprint density at radius 3 is 2.62 bits per heavy atom. The summed E-state index contributed by atoms with van der Waals surface area (Å²) >= 11 is 0. The van der Waals surface area contributed by atoms with Crippen molar-refractivity contribution in [1.82, 2.24) is 15.2 Å². The van der Waals surface area contributed by atoms with E-state index in [1.807, 2.05) is 42.6 Å². The summed E-state index contributed by atoms with van der Waals surface area (Å²) in [4.78, 5) is 18.5. The van der Waals surface area contributed by atoms with E-state index in [1.54, 1.807) is 6.20 Å². The number of pyridine rings is 1. The first-order chi connectivity index (χ1) is 12.8. The van der Waals surface area contributed by atoms with Crippen molar-refractivity contribution < 1.29 is 9.53 Å². The molecule has 3 rings (SSSR count). The number of carbonyl (C=O) groups is 1. The zero-order valence-electron chi connectivity index (χ0n) is 15.0. The van der Waals surface area contributed by atoms with Crippen LogP contribution in [0.15, 0.2) is 48.8 Å². The van der Waals surface area contributed by atoms with E-state index in [0.717, 1.165) is 62.5 Å². The van der Waals surface area contributed by atoms with Gasteiger partial charge in [-0.1, -0.05) is 18.2 Å². The van der Waals surface area contributed by atoms with Crippen molar-refractivity contribution in [2.45, 2.75) is 12.8 Å². The molecule has 2 N–H and O–H groups in total. The van der Waals surface area contributed by atoms with Crippen LogP contribution in [0.5, 0.6) is 0 Å². The van der Waals surface area contributed by atoms with Crippen LogP contribution < -0.4 is 10.6 Å². The number of benzene rings is 1. The zero-order chi connectivity index (χ0) is 18.0. The van der Waals surface area contributed by atoms with E-state index in [9.17, 15) is 4.79 Å². The largest absolute Gasteiger partial charge is 0.379 e. The van der Waals surface area contributed by atoms with Crippen LogP contribution in [0, 0.1) is 0 Å². The molecule has 1 aromatic heterocycles. The van der Waals surface area contributed by atoms with Crippen LogP contribution in [0.2, 0.25) is 0 Å². The minimum absolute atomic E-state index is 0.162. The van der Waals surface area contributed by atoms with E-state index in [2.05, 4.69) is 20.5 Å². The third-order valence-electron chi connectivity index (χ3n) is 4.43. The number of rotatable bonds is 7. The number of nitrogens with zero attached hydrogens (tertiary/aromatic N) is 2. The number of hydrogen-bond donors (Lipinski definition) is 2. The van der Waals surface area contributed by atoms with Crippen LogP contribution in [-0.4, -0.2) is 55.3 Å². The van der Waals surface area contributed by atoms with Gasteiger partial charge < -0.3 is 15.4 Å². The summed E-state index contributed by atoms with van der Waals surface area (Å²) in [7, 11) is 0. The Balaban J connectivity index is 1.34. The van der Waals surface area contributed by atoms with Crippen LogP contribution in [0.1, 0.15) is 12.8 Å². The van der Waals surface area contributed by atoms with Gasteiger partial charge in [-0.2, -0.15) is 0 Å². The maximum Gasteiger partial charge on any atom is 0.319 e. The van der Waals surface area contributed by atoms with E-state index in [1.165, 1.54) is 0 Å². The zero-order valence-corrected chi connectivity index (χ0v) is 15.0. The summed E-state index contributed by atoms with van der Waals surface area (Å²) in [6.45, 7) is 5.46. The molecule has 0 radical (unpaired) electrons. The Hall–Kier alpha value is -2.44. The summed E-state index contributed by atoms with van der Waals surface area (Å²) in [6, 6.07) is 11.5. The summed E-state index contributed by atoms with van der Waals surface area (Å²) in [5.74, 6) is 0. The van der Waals surface area contributed by atoms with Gasteiger partial charge in [-0.25, -0.2) is 4.79 Å². The van der Waals surface area contributed by atoms with Gasteiger partial charge in [-0.3, -0.25) is 9.88 Å². The Labute approximate surface area is 154 Å². The normalized spacial score (nSPS) is 14.8. The molecule has 1 aliphatic rings. The van der Waals surface area contributed by atoms with Crippen molar-refractivity contribution >= 4 is 11.7 Å². The highest BCUT2D eigenvalue weighted by Crippen LogP contribution is 2.20. The van der Waals surface area contributed by atoms with Gasteiger partial charge in [0.1, 0.15) is 0 Å². The minimum atomic E-state index is -0.162. The molecule has 0 atom stereocenters. The second kappa shape index (κ2) is 9.89. The number of anilines is 1. The fourth-order valence-electron chi connectivity index (χ4n) is 2.94. The molecule has 1 saturated heterocycles. The molecular formula is C20H26N4O2. The monoisotopic (exact) mass is 354 g/mol. The van der Waals surface area contributed by atoms with Gasteiger partial charge in [0.05, 0.1) is 13.2 Å². The van der Waals surface area contributed by atoms with Crippen LogP contribution in [0.25, 0.3) is 11.1 Å². The fourth-order valence-corrected chi connectivity index (χ4v) is 2.94. The van der Waals surface area contributed by atoms with E-state index in [4.69, 9.17) is 4.74 Å². The lowest BCUT2D eigenvalue weighted by Gasteiger charge is -2.26. The molecule has 6 heteroatoms. The molecule has 138 valence electrons. The Morgan fingerprint density at radius 2 is 1.88 bits per heavy atom. The van der Waals surface area contributed by atoms with Crippen LogP contribution in [0.3, 0.4) is 0 Å². The smallest absolute Gasteiger partial charge is 0.319 e. The molecule has 0 saturated carbocycles. The number of carbonyl (C=O) groups excluding carboxylic acids is 1. The maximum absolute atomic E-state index is 12.0. The molecule has 0 unspecified atom stereocenters. The first-order valence-corrected chi connectivity index (χ1v) is 9.17. The molecule has 2 aromatic rings. The third kappa shape index (κ3) is 5.82. The molecule has 2 heterocycles. The standard InChI is InChI=1S/C20H26N4O2/c25-20(22-10-1-2-11-24-12-14-26-15-13-24)23-19-7-5-17(6-8-19)18-4-3-9-21-16-18/h3-9,16H,1-2,10-15H2,(H2,22,23,25). The quantitative estimate of drug-likeness (QED) is 0.750. The highest BCUT2D eigenvalue weighted by Gasteiger charge is 2.09. The van der Waals surface area contributed by atoms with Gasteiger partial charge >= 0.3 is 6.03 Å². The van der Waals surface area contributed by atoms with Crippen molar-refractivity contribution in [2.75, 3.05) is 44.7 Å². The van der Waals surface area contributed by atoms with E-state index in [-0.39, 0.29) is 6.03 Å². The van der Waals surface area contributed by atoms with Crippen molar-refractivity contribution in [1.29, 1.82) is 0 Å². The second-order valence-corrected chi connectivity index (χ2v) is 6.36. The lowest BCUT2D eigenvalue weighted by molar-refractivity contribution is 0.0372. The number of urea groups is 1. The van der Waals surface area contributed by atoms with Crippen molar-refractivity contribution in [3.05, 3.63) is 48.8 Å². The molecule has 1 aliphatic heterocycles. The molecular weight excluding hydrogens is 328 g/mol. The lowest BCUT2D eigenvalue weighted by Crippen LogP contribution is -2.37. The van der Waals surface area contributed by atoms with E-state index in [0.29, 0.717) is 6.54 Å². The number of nitrogens with one attached hydrogen (secondary N) is 2. The van der Waals surface area contributed by atoms with Gasteiger partial charge in [-0.15, -0.1) is 0 Å². The highest BCUT2D eigenvalue weighted by molar-refractivity contribution is 5.89. The predicted molar refractivity (Wildman–Crippen MR) is 103 cm³/mol. The topological polar surface area (TPSA) is 66.5 Å². The number of morpholine rings is 1. The number of unbranched alkanes of at least 4 members (excludes halogenated alkanes) is 1. The Bertz CT molecular complexity index is 670. The molecule has 1 fully saturated rings. The Morgan fingerprint density at radius 1 is 1.08 bits per heavy atom. The van der Waals surface area contributed by atoms with Gasteiger partial charge in [0.2, 0.25) is 0 Å². The molecule has 2 amide bonds. The summed E-state index contributed by atoms with van der Waals surface area (Å²) < 4.78 is 5.34. The number of amides is 2. The number of aromatic nitrogens is 1. The average Bonchev–Trinajstić information content (AvgIpc) is 2.70. The highest BCUT2D eigenvalue weighted by atomic mass is 16.5. The molecule has 0 spiro atoms. The first-order valence-electron chi connectivity index (χ1n) is 9.17. The van der Waals surface area contributed by atoms with Crippen LogP contribution in [-0.2, 0) is 4.74 Å². The summed E-state index contributed by atoms with van der Waals surface area (Å²) in [6.07, 6.45) is 5.64. The molecule has 1 aromatic carbocycles. The summed E-state index contributed by atoms with van der Waals surface area (Å²) in [5, 5.41) is 5.78. The lowest BCUT2D eigenvalue weighted by atomic mass is 10.1. The third-order valence-corrected chi connectivity index (χ3v) is 4.43. The number of hydrogen-bond acceptors (Lipinski definition) is 4. The molecule has 26 heavy (non-hydrogen) atoms. The SMILES string of the molecule is O=C(NCCCCN1CCOCC1)Nc1ccc(-c2cccnc2)cc1. The second-order valence-electron chi connectivity index (χ2n) is 6.36. The number of ether oxygens (including phenoxy) is 1. The van der Waals surface area contributed by atoms with Gasteiger partial charge in [0.25, 0.3) is 0 Å². The summed E-state index contributed by atoms with van der Waals surface area (Å²) in [5.41, 5.74) is 2.92. The average molecular weight is 354 g/mol. The van der Waals surface area contributed by atoms with Crippen LogP contribution >= 0.6 is 0 Å². The predicted octanol–water partition coefficient (Wildman–Crippen LogP) is 2.98. The molecule has 6 nitrogen and oxygen atoms in total. The first kappa shape index (κ1) is 18.4. The van der Waals surface area contributed by atoms with Gasteiger partial charge in [0, 0.05) is 37.7 Å². The minimum Gasteiger partial charge on any atom is -0.379 e. The van der Waals surface area contributed by atoms with Crippen molar-refractivity contribution in [3.8, 4) is 11.1 Å². The Kier molecular flexibility index (Phi) is 6.98. The van der Waals surface area contributed by atoms with Crippen molar-refractivity contribution in [2.24, 2.45) is 0 Å². The van der Waals surface area contributed by atoms with Crippen molar-refractivity contribution in [3.63, 3.8) is 0 Å². The van der Waals surface area contributed by atoms with E-state index < -0.39 is 0 Å². The molecule has 0 aliphatic carbocycles. The van der Waals surface area contributed by atoms with Gasteiger partial charge in [-0.05, 0) is 48.7 Å². The van der Waals surface area contributed by atoms with Crippen LogP contribution in [0.4, 0.5) is 10.5 Å².